The van der Waals surface area contributed by atoms with Gasteiger partial charge in [0.15, 0.2) is 0 Å². The van der Waals surface area contributed by atoms with E-state index in [0.29, 0.717) is 18.8 Å². The molecule has 0 amide bonds. The zero-order valence-corrected chi connectivity index (χ0v) is 10.3. The number of carboxylic acid groups (broad SMARTS) is 1. The number of likely N-dealkylation sites (N-methyl/N-ethyl adjacent to an activating group) is 1. The molecular formula is C13H17NO4. The summed E-state index contributed by atoms with van der Waals surface area (Å²) in [6, 6.07) is 5.04. The molecule has 2 N–H and O–H groups in total. The highest BCUT2D eigenvalue weighted by molar-refractivity contribution is 5.89. The second-order valence-corrected chi connectivity index (χ2v) is 4.43. The van der Waals surface area contributed by atoms with Crippen molar-refractivity contribution in [2.24, 2.45) is 0 Å². The number of aliphatic hydroxyl groups is 1. The van der Waals surface area contributed by atoms with Crippen molar-refractivity contribution in [1.29, 1.82) is 0 Å². The van der Waals surface area contributed by atoms with Crippen LogP contribution in [0.4, 0.5) is 5.69 Å². The lowest BCUT2D eigenvalue weighted by Crippen LogP contribution is -2.40. The number of rotatable bonds is 4. The first kappa shape index (κ1) is 12.7. The quantitative estimate of drug-likeness (QED) is 0.845. The summed E-state index contributed by atoms with van der Waals surface area (Å²) >= 11 is 0. The predicted molar refractivity (Wildman–Crippen MR) is 67.4 cm³/mol. The molecule has 18 heavy (non-hydrogen) atoms. The number of anilines is 1. The van der Waals surface area contributed by atoms with E-state index in [1.165, 1.54) is 0 Å². The Kier molecular flexibility index (Phi) is 3.72. The SMILES string of the molecule is CN1c2cc(C(=O)O)ccc2OCC1CCCO. The van der Waals surface area contributed by atoms with Gasteiger partial charge in [-0.3, -0.25) is 0 Å². The van der Waals surface area contributed by atoms with E-state index in [2.05, 4.69) is 0 Å². The van der Waals surface area contributed by atoms with Crippen molar-refractivity contribution in [2.45, 2.75) is 18.9 Å². The van der Waals surface area contributed by atoms with Crippen LogP contribution in [0, 0.1) is 0 Å². The van der Waals surface area contributed by atoms with Gasteiger partial charge in [-0.15, -0.1) is 0 Å². The van der Waals surface area contributed by atoms with Gasteiger partial charge >= 0.3 is 5.97 Å². The maximum absolute atomic E-state index is 11.0. The first-order valence-electron chi connectivity index (χ1n) is 5.97. The lowest BCUT2D eigenvalue weighted by molar-refractivity contribution is 0.0697. The van der Waals surface area contributed by atoms with Crippen molar-refractivity contribution >= 4 is 11.7 Å². The van der Waals surface area contributed by atoms with Crippen LogP contribution in [0.1, 0.15) is 23.2 Å². The molecule has 98 valence electrons. The average molecular weight is 251 g/mol. The van der Waals surface area contributed by atoms with Crippen LogP contribution in [0.15, 0.2) is 18.2 Å². The van der Waals surface area contributed by atoms with Crippen LogP contribution in [0.25, 0.3) is 0 Å². The molecule has 5 heteroatoms. The largest absolute Gasteiger partial charge is 0.489 e. The van der Waals surface area contributed by atoms with Crippen LogP contribution in [0.5, 0.6) is 5.75 Å². The molecule has 1 aromatic rings. The van der Waals surface area contributed by atoms with Crippen molar-refractivity contribution < 1.29 is 19.7 Å². The molecule has 0 spiro atoms. The lowest BCUT2D eigenvalue weighted by atomic mass is 10.1. The Morgan fingerprint density at radius 3 is 3.00 bits per heavy atom. The third kappa shape index (κ3) is 2.41. The molecule has 0 radical (unpaired) electrons. The number of fused-ring (bicyclic) bond motifs is 1. The molecule has 1 heterocycles. The third-order valence-electron chi connectivity index (χ3n) is 3.26. The second kappa shape index (κ2) is 5.27. The molecule has 2 rings (SSSR count). The van der Waals surface area contributed by atoms with Gasteiger partial charge in [0.05, 0.1) is 17.3 Å². The highest BCUT2D eigenvalue weighted by Gasteiger charge is 2.25. The summed E-state index contributed by atoms with van der Waals surface area (Å²) in [6.45, 7) is 0.724. The Morgan fingerprint density at radius 1 is 1.56 bits per heavy atom. The van der Waals surface area contributed by atoms with Crippen molar-refractivity contribution in [3.63, 3.8) is 0 Å². The monoisotopic (exact) mass is 251 g/mol. The molecular weight excluding hydrogens is 234 g/mol. The van der Waals surface area contributed by atoms with Crippen molar-refractivity contribution in [1.82, 2.24) is 0 Å². The van der Waals surface area contributed by atoms with Crippen LogP contribution in [0.3, 0.4) is 0 Å². The van der Waals surface area contributed by atoms with E-state index in [0.717, 1.165) is 12.1 Å². The molecule has 0 bridgehead atoms. The minimum atomic E-state index is -0.941. The fraction of sp³-hybridized carbons (Fsp3) is 0.462. The standard InChI is InChI=1S/C13H17NO4/c1-14-10(3-2-6-15)8-18-12-5-4-9(13(16)17)7-11(12)14/h4-5,7,10,15H,2-3,6,8H2,1H3,(H,16,17). The zero-order valence-electron chi connectivity index (χ0n) is 10.3. The molecule has 1 aliphatic rings. The molecule has 0 saturated heterocycles. The smallest absolute Gasteiger partial charge is 0.335 e. The predicted octanol–water partition coefficient (Wildman–Crippen LogP) is 1.35. The van der Waals surface area contributed by atoms with E-state index in [-0.39, 0.29) is 18.2 Å². The number of benzene rings is 1. The third-order valence-corrected chi connectivity index (χ3v) is 3.26. The first-order chi connectivity index (χ1) is 8.63. The maximum Gasteiger partial charge on any atom is 0.335 e. The first-order valence-corrected chi connectivity index (χ1v) is 5.97. The molecule has 0 saturated carbocycles. The van der Waals surface area contributed by atoms with Crippen molar-refractivity contribution in [2.75, 3.05) is 25.2 Å². The van der Waals surface area contributed by atoms with Gasteiger partial charge in [-0.25, -0.2) is 4.79 Å². The molecule has 5 nitrogen and oxygen atoms in total. The minimum absolute atomic E-state index is 0.159. The molecule has 1 aliphatic heterocycles. The van der Waals surface area contributed by atoms with E-state index in [9.17, 15) is 4.79 Å². The van der Waals surface area contributed by atoms with E-state index >= 15 is 0 Å². The van der Waals surface area contributed by atoms with Crippen LogP contribution in [0.2, 0.25) is 0 Å². The van der Waals surface area contributed by atoms with Crippen molar-refractivity contribution in [3.05, 3.63) is 23.8 Å². The van der Waals surface area contributed by atoms with Crippen LogP contribution in [-0.2, 0) is 0 Å². The summed E-state index contributed by atoms with van der Waals surface area (Å²) in [4.78, 5) is 13.0. The Balaban J connectivity index is 2.23. The molecule has 0 aromatic heterocycles. The van der Waals surface area contributed by atoms with Gasteiger partial charge in [-0.05, 0) is 31.0 Å². The molecule has 0 fully saturated rings. The molecule has 1 aromatic carbocycles. The van der Waals surface area contributed by atoms with Gasteiger partial charge in [0.25, 0.3) is 0 Å². The van der Waals surface area contributed by atoms with Gasteiger partial charge in [0.2, 0.25) is 0 Å². The number of aliphatic hydroxyl groups excluding tert-OH is 1. The lowest BCUT2D eigenvalue weighted by Gasteiger charge is -2.36. The molecule has 1 atom stereocenters. The number of hydrogen-bond donors (Lipinski definition) is 2. The Bertz CT molecular complexity index is 447. The number of ether oxygens (including phenoxy) is 1. The summed E-state index contributed by atoms with van der Waals surface area (Å²) in [5.41, 5.74) is 1.05. The topological polar surface area (TPSA) is 70.0 Å². The number of aromatic carboxylic acids is 1. The summed E-state index contributed by atoms with van der Waals surface area (Å²) in [5.74, 6) is -0.230. The number of carbonyl (C=O) groups is 1. The van der Waals surface area contributed by atoms with Crippen molar-refractivity contribution in [3.8, 4) is 5.75 Å². The van der Waals surface area contributed by atoms with Gasteiger partial charge in [-0.1, -0.05) is 0 Å². The van der Waals surface area contributed by atoms with Crippen LogP contribution < -0.4 is 9.64 Å². The summed E-state index contributed by atoms with van der Waals surface area (Å²) in [6.07, 6.45) is 1.54. The van der Waals surface area contributed by atoms with Gasteiger partial charge in [0, 0.05) is 13.7 Å². The van der Waals surface area contributed by atoms with Gasteiger partial charge in [-0.2, -0.15) is 0 Å². The normalized spacial score (nSPS) is 18.1. The van der Waals surface area contributed by atoms with E-state index in [1.54, 1.807) is 18.2 Å². The van der Waals surface area contributed by atoms with Crippen LogP contribution >= 0.6 is 0 Å². The maximum atomic E-state index is 11.0. The average Bonchev–Trinajstić information content (AvgIpc) is 2.37. The Labute approximate surface area is 106 Å². The fourth-order valence-electron chi connectivity index (χ4n) is 2.15. The fourth-order valence-corrected chi connectivity index (χ4v) is 2.15. The summed E-state index contributed by atoms with van der Waals surface area (Å²) < 4.78 is 5.62. The van der Waals surface area contributed by atoms with Crippen LogP contribution in [-0.4, -0.2) is 42.5 Å². The number of carboxylic acids is 1. The van der Waals surface area contributed by atoms with Gasteiger partial charge in [0.1, 0.15) is 12.4 Å². The highest BCUT2D eigenvalue weighted by Crippen LogP contribution is 2.34. The molecule has 1 unspecified atom stereocenters. The highest BCUT2D eigenvalue weighted by atomic mass is 16.5. The Hall–Kier alpha value is -1.75. The van der Waals surface area contributed by atoms with E-state index in [1.807, 2.05) is 11.9 Å². The van der Waals surface area contributed by atoms with E-state index < -0.39 is 5.97 Å². The van der Waals surface area contributed by atoms with E-state index in [4.69, 9.17) is 14.9 Å². The minimum Gasteiger partial charge on any atom is -0.489 e. The Morgan fingerprint density at radius 2 is 2.33 bits per heavy atom. The van der Waals surface area contributed by atoms with Gasteiger partial charge < -0.3 is 19.8 Å². The summed E-state index contributed by atoms with van der Waals surface area (Å²) in [5, 5.41) is 17.8. The summed E-state index contributed by atoms with van der Waals surface area (Å²) in [7, 11) is 1.93. The second-order valence-electron chi connectivity index (χ2n) is 4.43. The number of hydrogen-bond acceptors (Lipinski definition) is 4. The number of nitrogens with zero attached hydrogens (tertiary/aromatic N) is 1. The zero-order chi connectivity index (χ0) is 13.1. The molecule has 0 aliphatic carbocycles.